The molecule has 0 amide bonds. The normalized spacial score (nSPS) is 12.6. The van der Waals surface area contributed by atoms with E-state index in [2.05, 4.69) is 39.6 Å². The van der Waals surface area contributed by atoms with E-state index in [1.54, 1.807) is 0 Å². The number of nitrogens with zero attached hydrogens (tertiary/aromatic N) is 1. The van der Waals surface area contributed by atoms with Crippen LogP contribution in [0.2, 0.25) is 0 Å². The fourth-order valence-electron chi connectivity index (χ4n) is 0.684. The molecule has 0 N–H and O–H groups in total. The molecule has 0 unspecified atom stereocenters. The Hall–Kier alpha value is -0.0400. The Labute approximate surface area is 65.4 Å². The van der Waals surface area contributed by atoms with Gasteiger partial charge in [-0.05, 0) is 40.8 Å². The summed E-state index contributed by atoms with van der Waals surface area (Å²) in [5.74, 6) is 0. The first-order chi connectivity index (χ1) is 4.48. The molecule has 0 rings (SSSR count). The summed E-state index contributed by atoms with van der Waals surface area (Å²) in [6.07, 6.45) is 2.24. The Kier molecular flexibility index (Phi) is 3.95. The zero-order chi connectivity index (χ0) is 8.20. The van der Waals surface area contributed by atoms with Gasteiger partial charge >= 0.3 is 0 Å². The summed E-state index contributed by atoms with van der Waals surface area (Å²) in [7, 11) is 2.16. The van der Waals surface area contributed by atoms with Gasteiger partial charge in [0.2, 0.25) is 0 Å². The van der Waals surface area contributed by atoms with Crippen LogP contribution in [-0.2, 0) is 0 Å². The Morgan fingerprint density at radius 2 is 1.80 bits per heavy atom. The molecule has 0 atom stereocenters. The third-order valence-corrected chi connectivity index (χ3v) is 1.89. The van der Waals surface area contributed by atoms with Gasteiger partial charge in [-0.3, -0.25) is 0 Å². The van der Waals surface area contributed by atoms with Gasteiger partial charge in [-0.2, -0.15) is 0 Å². The number of rotatable bonds is 3. The van der Waals surface area contributed by atoms with Gasteiger partial charge in [0.05, 0.1) is 0 Å². The smallest absolute Gasteiger partial charge is 0.0122 e. The lowest BCUT2D eigenvalue weighted by Gasteiger charge is -2.31. The fourth-order valence-corrected chi connectivity index (χ4v) is 0.684. The van der Waals surface area contributed by atoms with E-state index in [1.165, 1.54) is 6.42 Å². The molecule has 0 fully saturated rings. The van der Waals surface area contributed by atoms with Gasteiger partial charge < -0.3 is 4.90 Å². The molecule has 0 saturated carbocycles. The summed E-state index contributed by atoms with van der Waals surface area (Å²) in [6, 6.07) is 0. The predicted molar refractivity (Wildman–Crippen MR) is 47.0 cm³/mol. The molecule has 1 radical (unpaired) electrons. The highest BCUT2D eigenvalue weighted by molar-refractivity contribution is 4.72. The average molecular weight is 142 g/mol. The predicted octanol–water partition coefficient (Wildman–Crippen LogP) is 2.33. The van der Waals surface area contributed by atoms with Crippen molar-refractivity contribution in [3.8, 4) is 0 Å². The molecule has 0 aliphatic rings. The van der Waals surface area contributed by atoms with E-state index in [0.717, 1.165) is 13.0 Å². The first-order valence-corrected chi connectivity index (χ1v) is 3.99. The van der Waals surface area contributed by atoms with Gasteiger partial charge in [0.25, 0.3) is 0 Å². The number of hydrogen-bond donors (Lipinski definition) is 0. The summed E-state index contributed by atoms with van der Waals surface area (Å²) in [5, 5.41) is 0. The van der Waals surface area contributed by atoms with Crippen molar-refractivity contribution < 1.29 is 0 Å². The monoisotopic (exact) mass is 142 g/mol. The standard InChI is InChI=1S/C9H20N/c1-6-7-8-10(5)9(2,3)4/h1,6-8H2,2-5H3. The Balaban J connectivity index is 3.52. The zero-order valence-corrected chi connectivity index (χ0v) is 7.78. The van der Waals surface area contributed by atoms with Crippen molar-refractivity contribution in [2.75, 3.05) is 13.6 Å². The first-order valence-electron chi connectivity index (χ1n) is 3.99. The maximum atomic E-state index is 3.81. The maximum Gasteiger partial charge on any atom is 0.0122 e. The quantitative estimate of drug-likeness (QED) is 0.584. The molecule has 61 valence electrons. The second kappa shape index (κ2) is 3.97. The molecule has 0 aromatic carbocycles. The molecule has 1 nitrogen and oxygen atoms in total. The second-order valence-corrected chi connectivity index (χ2v) is 3.80. The van der Waals surface area contributed by atoms with Crippen molar-refractivity contribution in [1.82, 2.24) is 4.90 Å². The van der Waals surface area contributed by atoms with Crippen LogP contribution in [0.4, 0.5) is 0 Å². The molecular weight excluding hydrogens is 122 g/mol. The van der Waals surface area contributed by atoms with Crippen LogP contribution in [0.15, 0.2) is 0 Å². The minimum atomic E-state index is 0.315. The van der Waals surface area contributed by atoms with Crippen molar-refractivity contribution in [3.05, 3.63) is 6.92 Å². The SMILES string of the molecule is [CH2]CCCN(C)C(C)(C)C. The molecule has 10 heavy (non-hydrogen) atoms. The molecule has 0 heterocycles. The third-order valence-electron chi connectivity index (χ3n) is 1.89. The van der Waals surface area contributed by atoms with Crippen molar-refractivity contribution in [1.29, 1.82) is 0 Å². The lowest BCUT2D eigenvalue weighted by molar-refractivity contribution is 0.174. The van der Waals surface area contributed by atoms with E-state index in [9.17, 15) is 0 Å². The summed E-state index contributed by atoms with van der Waals surface area (Å²) < 4.78 is 0. The van der Waals surface area contributed by atoms with Gasteiger partial charge in [0, 0.05) is 5.54 Å². The average Bonchev–Trinajstić information content (AvgIpc) is 1.80. The fraction of sp³-hybridized carbons (Fsp3) is 0.889. The Morgan fingerprint density at radius 1 is 1.30 bits per heavy atom. The zero-order valence-electron chi connectivity index (χ0n) is 7.78. The molecule has 0 saturated heterocycles. The minimum Gasteiger partial charge on any atom is -0.302 e. The van der Waals surface area contributed by atoms with Crippen LogP contribution in [0, 0.1) is 6.92 Å². The van der Waals surface area contributed by atoms with Crippen LogP contribution in [0.25, 0.3) is 0 Å². The van der Waals surface area contributed by atoms with E-state index >= 15 is 0 Å². The number of hydrogen-bond acceptors (Lipinski definition) is 1. The summed E-state index contributed by atoms with van der Waals surface area (Å²) in [6.45, 7) is 11.7. The minimum absolute atomic E-state index is 0.315. The summed E-state index contributed by atoms with van der Waals surface area (Å²) in [5.41, 5.74) is 0.315. The van der Waals surface area contributed by atoms with Gasteiger partial charge in [0.1, 0.15) is 0 Å². The van der Waals surface area contributed by atoms with Gasteiger partial charge in [0.15, 0.2) is 0 Å². The first kappa shape index (κ1) is 9.96. The van der Waals surface area contributed by atoms with E-state index in [-0.39, 0.29) is 0 Å². The van der Waals surface area contributed by atoms with Crippen molar-refractivity contribution in [2.24, 2.45) is 0 Å². The van der Waals surface area contributed by atoms with Crippen molar-refractivity contribution in [2.45, 2.75) is 39.2 Å². The Bertz CT molecular complexity index is 81.2. The maximum absolute atomic E-state index is 3.81. The molecule has 0 spiro atoms. The molecule has 1 heteroatoms. The molecule has 0 aromatic heterocycles. The summed E-state index contributed by atoms with van der Waals surface area (Å²) >= 11 is 0. The highest BCUT2D eigenvalue weighted by atomic mass is 15.1. The van der Waals surface area contributed by atoms with E-state index in [4.69, 9.17) is 0 Å². The lowest BCUT2D eigenvalue weighted by Crippen LogP contribution is -2.38. The van der Waals surface area contributed by atoms with Crippen LogP contribution in [0.3, 0.4) is 0 Å². The van der Waals surface area contributed by atoms with Crippen LogP contribution in [0.1, 0.15) is 33.6 Å². The second-order valence-electron chi connectivity index (χ2n) is 3.80. The molecule has 0 bridgehead atoms. The third kappa shape index (κ3) is 3.89. The Morgan fingerprint density at radius 3 is 2.10 bits per heavy atom. The molecular formula is C9H20N. The van der Waals surface area contributed by atoms with Crippen LogP contribution in [0.5, 0.6) is 0 Å². The van der Waals surface area contributed by atoms with Gasteiger partial charge in [-0.25, -0.2) is 0 Å². The largest absolute Gasteiger partial charge is 0.302 e. The summed E-state index contributed by atoms with van der Waals surface area (Å²) in [4.78, 5) is 2.36. The van der Waals surface area contributed by atoms with Crippen LogP contribution < -0.4 is 0 Å². The van der Waals surface area contributed by atoms with Gasteiger partial charge in [-0.1, -0.05) is 13.3 Å². The van der Waals surface area contributed by atoms with E-state index in [1.807, 2.05) is 0 Å². The molecule has 0 aliphatic carbocycles. The van der Waals surface area contributed by atoms with Gasteiger partial charge in [-0.15, -0.1) is 0 Å². The van der Waals surface area contributed by atoms with Crippen LogP contribution >= 0.6 is 0 Å². The van der Waals surface area contributed by atoms with E-state index in [0.29, 0.717) is 5.54 Å². The highest BCUT2D eigenvalue weighted by Gasteiger charge is 2.15. The van der Waals surface area contributed by atoms with E-state index < -0.39 is 0 Å². The number of unbranched alkanes of at least 4 members (excludes halogenated alkanes) is 1. The van der Waals surface area contributed by atoms with Crippen molar-refractivity contribution in [3.63, 3.8) is 0 Å². The van der Waals surface area contributed by atoms with Crippen LogP contribution in [-0.4, -0.2) is 24.0 Å². The topological polar surface area (TPSA) is 3.24 Å². The van der Waals surface area contributed by atoms with Crippen molar-refractivity contribution >= 4 is 0 Å². The highest BCUT2D eigenvalue weighted by Crippen LogP contribution is 2.10. The molecule has 0 aliphatic heterocycles. The molecule has 0 aromatic rings. The lowest BCUT2D eigenvalue weighted by atomic mass is 10.1.